The molecule has 0 aromatic rings. The number of hydrogen-bond acceptors (Lipinski definition) is 2. The highest BCUT2D eigenvalue weighted by atomic mass is 15.1. The number of nitrogens with one attached hydrogen (secondary N) is 1. The van der Waals surface area contributed by atoms with Gasteiger partial charge in [-0.3, -0.25) is 0 Å². The van der Waals surface area contributed by atoms with Crippen LogP contribution in [0, 0.1) is 0 Å². The lowest BCUT2D eigenvalue weighted by Gasteiger charge is -2.28. The zero-order valence-corrected chi connectivity index (χ0v) is 10.1. The van der Waals surface area contributed by atoms with E-state index in [1.54, 1.807) is 0 Å². The van der Waals surface area contributed by atoms with Gasteiger partial charge in [0.15, 0.2) is 0 Å². The van der Waals surface area contributed by atoms with Gasteiger partial charge in [0.1, 0.15) is 0 Å². The lowest BCUT2D eigenvalue weighted by atomic mass is 10.1. The summed E-state index contributed by atoms with van der Waals surface area (Å²) in [7, 11) is 2.25. The number of rotatable bonds is 4. The minimum Gasteiger partial charge on any atom is -0.313 e. The predicted molar refractivity (Wildman–Crippen MR) is 62.6 cm³/mol. The highest BCUT2D eigenvalue weighted by Gasteiger charge is 2.15. The van der Waals surface area contributed by atoms with Crippen LogP contribution in [-0.2, 0) is 0 Å². The van der Waals surface area contributed by atoms with E-state index in [0.29, 0.717) is 0 Å². The molecule has 1 aliphatic heterocycles. The summed E-state index contributed by atoms with van der Waals surface area (Å²) >= 11 is 0. The van der Waals surface area contributed by atoms with E-state index in [2.05, 4.69) is 31.1 Å². The normalized spacial score (nSPS) is 26.1. The summed E-state index contributed by atoms with van der Waals surface area (Å²) in [6.07, 6.45) is 6.80. The molecule has 0 aromatic carbocycles. The Hall–Kier alpha value is -0.0800. The summed E-state index contributed by atoms with van der Waals surface area (Å²) < 4.78 is 0. The lowest BCUT2D eigenvalue weighted by Crippen LogP contribution is -2.42. The highest BCUT2D eigenvalue weighted by Crippen LogP contribution is 2.10. The third-order valence-corrected chi connectivity index (χ3v) is 3.51. The fourth-order valence-electron chi connectivity index (χ4n) is 2.10. The molecule has 0 bridgehead atoms. The summed E-state index contributed by atoms with van der Waals surface area (Å²) in [6, 6.07) is 1.46. The second-order valence-electron chi connectivity index (χ2n) is 4.70. The summed E-state index contributed by atoms with van der Waals surface area (Å²) in [5.41, 5.74) is 0. The molecule has 1 N–H and O–H groups in total. The molecule has 0 saturated carbocycles. The van der Waals surface area contributed by atoms with Crippen molar-refractivity contribution in [1.82, 2.24) is 10.2 Å². The van der Waals surface area contributed by atoms with Gasteiger partial charge in [0.25, 0.3) is 0 Å². The topological polar surface area (TPSA) is 15.3 Å². The van der Waals surface area contributed by atoms with Crippen molar-refractivity contribution in [1.29, 1.82) is 0 Å². The van der Waals surface area contributed by atoms with Gasteiger partial charge >= 0.3 is 0 Å². The molecule has 0 aromatic heterocycles. The molecule has 1 saturated heterocycles. The molecule has 1 aliphatic rings. The van der Waals surface area contributed by atoms with Crippen LogP contribution < -0.4 is 5.32 Å². The Bertz CT molecular complexity index is 139. The van der Waals surface area contributed by atoms with Crippen molar-refractivity contribution in [2.24, 2.45) is 0 Å². The molecule has 2 atom stereocenters. The van der Waals surface area contributed by atoms with Crippen molar-refractivity contribution in [3.8, 4) is 0 Å². The maximum Gasteiger partial charge on any atom is 0.0195 e. The molecule has 0 radical (unpaired) electrons. The molecular weight excluding hydrogens is 172 g/mol. The first-order valence-electron chi connectivity index (χ1n) is 6.17. The number of hydrogen-bond donors (Lipinski definition) is 1. The van der Waals surface area contributed by atoms with E-state index < -0.39 is 0 Å². The zero-order valence-electron chi connectivity index (χ0n) is 10.1. The molecule has 2 unspecified atom stereocenters. The van der Waals surface area contributed by atoms with Gasteiger partial charge in [0.05, 0.1) is 0 Å². The van der Waals surface area contributed by atoms with Crippen LogP contribution in [0.25, 0.3) is 0 Å². The Morgan fingerprint density at radius 1 is 1.36 bits per heavy atom. The molecular formula is C12H26N2. The van der Waals surface area contributed by atoms with E-state index in [-0.39, 0.29) is 0 Å². The SMILES string of the molecule is CCC(C)N(C)CC1CCCCCN1. The Morgan fingerprint density at radius 3 is 2.86 bits per heavy atom. The Kier molecular flexibility index (Phi) is 5.49. The molecule has 0 aliphatic carbocycles. The average molecular weight is 198 g/mol. The van der Waals surface area contributed by atoms with Crippen LogP contribution in [0.1, 0.15) is 46.0 Å². The fourth-order valence-corrected chi connectivity index (χ4v) is 2.10. The van der Waals surface area contributed by atoms with Crippen LogP contribution in [-0.4, -0.2) is 37.1 Å². The second-order valence-corrected chi connectivity index (χ2v) is 4.70. The zero-order chi connectivity index (χ0) is 10.4. The largest absolute Gasteiger partial charge is 0.313 e. The van der Waals surface area contributed by atoms with E-state index in [1.807, 2.05) is 0 Å². The third kappa shape index (κ3) is 3.97. The van der Waals surface area contributed by atoms with Gasteiger partial charge in [-0.15, -0.1) is 0 Å². The van der Waals surface area contributed by atoms with Gasteiger partial charge < -0.3 is 10.2 Å². The van der Waals surface area contributed by atoms with Gasteiger partial charge in [-0.05, 0) is 39.8 Å². The van der Waals surface area contributed by atoms with E-state index in [0.717, 1.165) is 12.1 Å². The molecule has 2 nitrogen and oxygen atoms in total. The molecule has 1 fully saturated rings. The Balaban J connectivity index is 2.26. The molecule has 1 rings (SSSR count). The van der Waals surface area contributed by atoms with Crippen molar-refractivity contribution in [3.05, 3.63) is 0 Å². The first-order chi connectivity index (χ1) is 6.74. The molecule has 84 valence electrons. The Labute approximate surface area is 89.1 Å². The van der Waals surface area contributed by atoms with Crippen molar-refractivity contribution >= 4 is 0 Å². The fraction of sp³-hybridized carbons (Fsp3) is 1.00. The lowest BCUT2D eigenvalue weighted by molar-refractivity contribution is 0.221. The summed E-state index contributed by atoms with van der Waals surface area (Å²) in [4.78, 5) is 2.49. The summed E-state index contributed by atoms with van der Waals surface area (Å²) in [6.45, 7) is 7.02. The van der Waals surface area contributed by atoms with E-state index >= 15 is 0 Å². The summed E-state index contributed by atoms with van der Waals surface area (Å²) in [5, 5.41) is 3.65. The Morgan fingerprint density at radius 2 is 2.14 bits per heavy atom. The minimum atomic E-state index is 0.722. The highest BCUT2D eigenvalue weighted by molar-refractivity contribution is 4.75. The maximum atomic E-state index is 3.65. The molecule has 0 amide bonds. The van der Waals surface area contributed by atoms with E-state index in [1.165, 1.54) is 45.2 Å². The first-order valence-corrected chi connectivity index (χ1v) is 6.17. The van der Waals surface area contributed by atoms with Crippen molar-refractivity contribution in [2.75, 3.05) is 20.1 Å². The van der Waals surface area contributed by atoms with Gasteiger partial charge in [-0.2, -0.15) is 0 Å². The van der Waals surface area contributed by atoms with Crippen LogP contribution >= 0.6 is 0 Å². The molecule has 2 heteroatoms. The molecule has 0 spiro atoms. The minimum absolute atomic E-state index is 0.722. The third-order valence-electron chi connectivity index (χ3n) is 3.51. The van der Waals surface area contributed by atoms with Gasteiger partial charge in [-0.1, -0.05) is 19.8 Å². The predicted octanol–water partition coefficient (Wildman–Crippen LogP) is 2.25. The van der Waals surface area contributed by atoms with Gasteiger partial charge in [-0.25, -0.2) is 0 Å². The van der Waals surface area contributed by atoms with Crippen molar-refractivity contribution in [2.45, 2.75) is 58.0 Å². The standard InChI is InChI=1S/C12H26N2/c1-4-11(2)14(3)10-12-8-6-5-7-9-13-12/h11-13H,4-10H2,1-3H3. The van der Waals surface area contributed by atoms with Gasteiger partial charge in [0.2, 0.25) is 0 Å². The molecule has 14 heavy (non-hydrogen) atoms. The number of likely N-dealkylation sites (N-methyl/N-ethyl adjacent to an activating group) is 1. The first kappa shape index (κ1) is 12.0. The van der Waals surface area contributed by atoms with Crippen LogP contribution in [0.2, 0.25) is 0 Å². The van der Waals surface area contributed by atoms with Crippen LogP contribution in [0.3, 0.4) is 0 Å². The second kappa shape index (κ2) is 6.41. The van der Waals surface area contributed by atoms with E-state index in [4.69, 9.17) is 0 Å². The summed E-state index contributed by atoms with van der Waals surface area (Å²) in [5.74, 6) is 0. The molecule has 1 heterocycles. The van der Waals surface area contributed by atoms with Crippen LogP contribution in [0.15, 0.2) is 0 Å². The van der Waals surface area contributed by atoms with Crippen LogP contribution in [0.4, 0.5) is 0 Å². The quantitative estimate of drug-likeness (QED) is 0.745. The number of nitrogens with zero attached hydrogens (tertiary/aromatic N) is 1. The van der Waals surface area contributed by atoms with Crippen molar-refractivity contribution in [3.63, 3.8) is 0 Å². The van der Waals surface area contributed by atoms with E-state index in [9.17, 15) is 0 Å². The van der Waals surface area contributed by atoms with Crippen LogP contribution in [0.5, 0.6) is 0 Å². The van der Waals surface area contributed by atoms with Gasteiger partial charge in [0, 0.05) is 18.6 Å². The monoisotopic (exact) mass is 198 g/mol. The smallest absolute Gasteiger partial charge is 0.0195 e. The maximum absolute atomic E-state index is 3.65. The van der Waals surface area contributed by atoms with Crippen molar-refractivity contribution < 1.29 is 0 Å². The average Bonchev–Trinajstić information content (AvgIpc) is 2.45.